The summed E-state index contributed by atoms with van der Waals surface area (Å²) in [6, 6.07) is 0.0412. The molecule has 3 unspecified atom stereocenters. The van der Waals surface area contributed by atoms with Gasteiger partial charge in [0.15, 0.2) is 5.78 Å². The molecule has 1 aliphatic heterocycles. The second-order valence-corrected chi connectivity index (χ2v) is 9.59. The van der Waals surface area contributed by atoms with E-state index in [-0.39, 0.29) is 23.7 Å². The third kappa shape index (κ3) is 2.88. The Bertz CT molecular complexity index is 632. The molecule has 0 saturated heterocycles. The number of alkyl halides is 1. The van der Waals surface area contributed by atoms with Crippen LogP contribution in [0.1, 0.15) is 45.4 Å². The first-order valence-electron chi connectivity index (χ1n) is 9.22. The van der Waals surface area contributed by atoms with Crippen LogP contribution >= 0.6 is 11.6 Å². The Hall–Kier alpha value is -0.490. The third-order valence-corrected chi connectivity index (χ3v) is 8.61. The zero-order valence-electron chi connectivity index (χ0n) is 15.0. The summed E-state index contributed by atoms with van der Waals surface area (Å²) in [7, 11) is 0.371. The average Bonchev–Trinajstić information content (AvgIpc) is 2.86. The lowest BCUT2D eigenvalue weighted by Crippen LogP contribution is -2.65. The van der Waals surface area contributed by atoms with Crippen LogP contribution in [0.2, 0.25) is 0 Å². The van der Waals surface area contributed by atoms with E-state index in [4.69, 9.17) is 11.6 Å². The van der Waals surface area contributed by atoms with Crippen LogP contribution in [0.15, 0.2) is 22.6 Å². The van der Waals surface area contributed by atoms with Gasteiger partial charge in [-0.2, -0.15) is 0 Å². The minimum Gasteiger partial charge on any atom is -0.390 e. The van der Waals surface area contributed by atoms with E-state index in [1.165, 1.54) is 0 Å². The molecule has 3 aliphatic rings. The highest BCUT2D eigenvalue weighted by Gasteiger charge is 2.65. The van der Waals surface area contributed by atoms with E-state index >= 15 is 0 Å². The number of hydrogen-bond donors (Lipinski definition) is 2. The molecule has 1 saturated carbocycles. The van der Waals surface area contributed by atoms with Crippen molar-refractivity contribution in [1.29, 1.82) is 0 Å². The lowest BCUT2D eigenvalue weighted by Gasteiger charge is -2.47. The molecule has 2 aliphatic carbocycles. The van der Waals surface area contributed by atoms with Gasteiger partial charge in [-0.3, -0.25) is 9.00 Å². The molecule has 25 heavy (non-hydrogen) atoms. The molecule has 0 spiro atoms. The number of nitrogens with one attached hydrogen (secondary N) is 1. The lowest BCUT2D eigenvalue weighted by atomic mass is 9.65. The van der Waals surface area contributed by atoms with E-state index in [0.29, 0.717) is 25.1 Å². The summed E-state index contributed by atoms with van der Waals surface area (Å²) in [4.78, 5) is 13.9. The van der Waals surface area contributed by atoms with Crippen molar-refractivity contribution in [3.8, 4) is 0 Å². The molecular weight excluding hydrogens is 358 g/mol. The number of halogens is 1. The Balaban J connectivity index is 2.11. The number of Topliss-reactive ketones (excluding diaryl/α,β-unsaturated/α-hetero) is 1. The van der Waals surface area contributed by atoms with Crippen LogP contribution < -0.4 is 5.32 Å². The number of carbonyl (C=O) groups is 1. The highest BCUT2D eigenvalue weighted by Crippen LogP contribution is 2.53. The summed E-state index contributed by atoms with van der Waals surface area (Å²) >= 11 is 6.01. The fourth-order valence-corrected chi connectivity index (χ4v) is 7.47. The normalized spacial score (nSPS) is 39.6. The van der Waals surface area contributed by atoms with Gasteiger partial charge in [0, 0.05) is 35.1 Å². The van der Waals surface area contributed by atoms with Crippen molar-refractivity contribution in [3.63, 3.8) is 0 Å². The van der Waals surface area contributed by atoms with Crippen molar-refractivity contribution in [2.75, 3.05) is 12.9 Å². The van der Waals surface area contributed by atoms with Gasteiger partial charge < -0.3 is 10.4 Å². The van der Waals surface area contributed by atoms with E-state index < -0.39 is 21.7 Å². The smallest absolute Gasteiger partial charge is 0.155 e. The number of aliphatic hydroxyl groups is 1. The van der Waals surface area contributed by atoms with E-state index in [1.807, 2.05) is 20.0 Å². The molecule has 0 bridgehead atoms. The summed E-state index contributed by atoms with van der Waals surface area (Å²) in [6.45, 7) is 1.85. The standard InChI is InChI=1S/C19H28ClNO3S/c1-12-14(10-11-20)17-15(21-2)8-9-16(22)19(17,25(12)24)18(23)13-6-4-3-5-7-13/h4,6,13,15,17-18,21,23H,3,5,7-11H2,1-2H3/t13-,15?,17?,18+,19+,25?/m1/s1. The molecular formula is C19H28ClNO3S. The number of carbonyl (C=O) groups excluding carboxylic acids is 1. The SMILES string of the molecule is CNC1CCC(=O)[C@@]2([C@@H](O)[C@@H]3C=CCCC3)C1C(CCCl)=C(C)S2=O. The molecule has 4 nitrogen and oxygen atoms in total. The number of allylic oxidation sites excluding steroid dienone is 2. The second-order valence-electron chi connectivity index (χ2n) is 7.38. The summed E-state index contributed by atoms with van der Waals surface area (Å²) in [6.07, 6.45) is 7.71. The fraction of sp³-hybridized carbons (Fsp3) is 0.737. The number of fused-ring (bicyclic) bond motifs is 1. The van der Waals surface area contributed by atoms with Gasteiger partial charge in [0.05, 0.1) is 16.9 Å². The van der Waals surface area contributed by atoms with Crippen LogP contribution in [0.3, 0.4) is 0 Å². The van der Waals surface area contributed by atoms with Crippen molar-refractivity contribution >= 4 is 28.2 Å². The van der Waals surface area contributed by atoms with Crippen LogP contribution in [-0.4, -0.2) is 44.9 Å². The van der Waals surface area contributed by atoms with Gasteiger partial charge in [0.25, 0.3) is 0 Å². The van der Waals surface area contributed by atoms with Gasteiger partial charge in [-0.25, -0.2) is 0 Å². The van der Waals surface area contributed by atoms with E-state index in [2.05, 4.69) is 11.4 Å². The molecule has 140 valence electrons. The maximum absolute atomic E-state index is 13.5. The van der Waals surface area contributed by atoms with Crippen LogP contribution in [0, 0.1) is 11.8 Å². The zero-order valence-corrected chi connectivity index (χ0v) is 16.5. The molecule has 3 rings (SSSR count). The molecule has 1 heterocycles. The molecule has 0 aromatic carbocycles. The molecule has 6 heteroatoms. The van der Waals surface area contributed by atoms with Gasteiger partial charge >= 0.3 is 0 Å². The first kappa shape index (κ1) is 19.3. The first-order valence-corrected chi connectivity index (χ1v) is 10.9. The van der Waals surface area contributed by atoms with E-state index in [9.17, 15) is 14.1 Å². The maximum Gasteiger partial charge on any atom is 0.155 e. The number of aliphatic hydroxyl groups excluding tert-OH is 1. The minimum absolute atomic E-state index is 0.0412. The quantitative estimate of drug-likeness (QED) is 0.564. The number of hydrogen-bond acceptors (Lipinski definition) is 4. The highest BCUT2D eigenvalue weighted by atomic mass is 35.5. The molecule has 0 radical (unpaired) electrons. The Morgan fingerprint density at radius 1 is 1.48 bits per heavy atom. The van der Waals surface area contributed by atoms with Gasteiger partial charge in [-0.15, -0.1) is 11.6 Å². The van der Waals surface area contributed by atoms with Crippen LogP contribution in [0.25, 0.3) is 0 Å². The van der Waals surface area contributed by atoms with Crippen molar-refractivity contribution in [1.82, 2.24) is 5.32 Å². The van der Waals surface area contributed by atoms with Gasteiger partial charge in [0.2, 0.25) is 0 Å². The first-order chi connectivity index (χ1) is 12.0. The molecule has 2 N–H and O–H groups in total. The van der Waals surface area contributed by atoms with Crippen LogP contribution in [0.5, 0.6) is 0 Å². The van der Waals surface area contributed by atoms with Crippen LogP contribution in [-0.2, 0) is 15.6 Å². The molecule has 0 amide bonds. The summed E-state index contributed by atoms with van der Waals surface area (Å²) in [5, 5.41) is 14.7. The van der Waals surface area contributed by atoms with Crippen LogP contribution in [0.4, 0.5) is 0 Å². The Kier molecular flexibility index (Phi) is 5.88. The minimum atomic E-state index is -1.51. The van der Waals surface area contributed by atoms with Gasteiger partial charge in [-0.05, 0) is 46.1 Å². The zero-order chi connectivity index (χ0) is 18.2. The predicted molar refractivity (Wildman–Crippen MR) is 102 cm³/mol. The Morgan fingerprint density at radius 3 is 2.84 bits per heavy atom. The topological polar surface area (TPSA) is 66.4 Å². The van der Waals surface area contributed by atoms with Crippen molar-refractivity contribution in [3.05, 3.63) is 22.6 Å². The third-order valence-electron chi connectivity index (χ3n) is 6.27. The highest BCUT2D eigenvalue weighted by molar-refractivity contribution is 7.91. The Morgan fingerprint density at radius 2 is 2.24 bits per heavy atom. The lowest BCUT2D eigenvalue weighted by molar-refractivity contribution is -0.129. The molecule has 6 atom stereocenters. The van der Waals surface area contributed by atoms with Crippen molar-refractivity contribution in [2.45, 2.75) is 62.3 Å². The monoisotopic (exact) mass is 385 g/mol. The van der Waals surface area contributed by atoms with Crippen molar-refractivity contribution < 1.29 is 14.1 Å². The molecule has 1 fully saturated rings. The fourth-order valence-electron chi connectivity index (χ4n) is 5.06. The summed E-state index contributed by atoms with van der Waals surface area (Å²) in [5.74, 6) is 0.0461. The largest absolute Gasteiger partial charge is 0.390 e. The second kappa shape index (κ2) is 7.63. The summed E-state index contributed by atoms with van der Waals surface area (Å²) in [5.41, 5.74) is 1.01. The van der Waals surface area contributed by atoms with Gasteiger partial charge in [-0.1, -0.05) is 17.7 Å². The van der Waals surface area contributed by atoms with E-state index in [1.54, 1.807) is 0 Å². The number of ketones is 1. The molecule has 0 aromatic heterocycles. The maximum atomic E-state index is 13.5. The predicted octanol–water partition coefficient (Wildman–Crippen LogP) is 2.67. The summed E-state index contributed by atoms with van der Waals surface area (Å²) < 4.78 is 12.3. The number of rotatable bonds is 5. The van der Waals surface area contributed by atoms with Crippen molar-refractivity contribution in [2.24, 2.45) is 11.8 Å². The van der Waals surface area contributed by atoms with Gasteiger partial charge in [0.1, 0.15) is 4.75 Å². The van der Waals surface area contributed by atoms with E-state index in [0.717, 1.165) is 29.7 Å². The molecule has 0 aromatic rings. The Labute approximate surface area is 157 Å². The average molecular weight is 386 g/mol.